The lowest BCUT2D eigenvalue weighted by Gasteiger charge is -2.28. The molecule has 0 spiro atoms. The highest BCUT2D eigenvalue weighted by atomic mass is 16.5. The highest BCUT2D eigenvalue weighted by Crippen LogP contribution is 2.18. The van der Waals surface area contributed by atoms with Crippen molar-refractivity contribution >= 4 is 23.2 Å². The van der Waals surface area contributed by atoms with Gasteiger partial charge in [-0.2, -0.15) is 0 Å². The quantitative estimate of drug-likeness (QED) is 0.617. The third kappa shape index (κ3) is 4.94. The number of carbonyl (C=O) groups is 2. The molecule has 1 aliphatic heterocycles. The lowest BCUT2D eigenvalue weighted by atomic mass is 10.2. The first-order valence-corrected chi connectivity index (χ1v) is 7.81. The Morgan fingerprint density at radius 1 is 1.30 bits per heavy atom. The molecule has 0 bridgehead atoms. The van der Waals surface area contributed by atoms with E-state index in [1.165, 1.54) is 0 Å². The third-order valence-electron chi connectivity index (χ3n) is 4.13. The fourth-order valence-corrected chi connectivity index (χ4v) is 2.43. The lowest BCUT2D eigenvalue weighted by Crippen LogP contribution is -3.15. The number of nitrogens with two attached hydrogens (primary N) is 1. The largest absolute Gasteiger partial charge is 0.378 e. The van der Waals surface area contributed by atoms with Gasteiger partial charge in [0.1, 0.15) is 0 Å². The molecule has 2 atom stereocenters. The minimum absolute atomic E-state index is 0.144. The number of hydrogen-bond donors (Lipinski definition) is 3. The zero-order chi connectivity index (χ0) is 16.8. The molecule has 2 rings (SSSR count). The van der Waals surface area contributed by atoms with Crippen molar-refractivity contribution in [3.8, 4) is 0 Å². The van der Waals surface area contributed by atoms with Gasteiger partial charge in [0.15, 0.2) is 12.6 Å². The summed E-state index contributed by atoms with van der Waals surface area (Å²) in [6.45, 7) is 5.14. The van der Waals surface area contributed by atoms with Gasteiger partial charge in [-0.1, -0.05) is 0 Å². The predicted octanol–water partition coefficient (Wildman–Crippen LogP) is -1.15. The fourth-order valence-electron chi connectivity index (χ4n) is 2.43. The van der Waals surface area contributed by atoms with Crippen LogP contribution in [0.1, 0.15) is 6.92 Å². The number of benzene rings is 1. The van der Waals surface area contributed by atoms with Crippen LogP contribution in [0.4, 0.5) is 11.4 Å². The van der Waals surface area contributed by atoms with Crippen LogP contribution in [0.25, 0.3) is 0 Å². The van der Waals surface area contributed by atoms with Crippen LogP contribution in [-0.2, 0) is 14.3 Å². The number of primary amides is 1. The van der Waals surface area contributed by atoms with Gasteiger partial charge in [0.25, 0.3) is 11.8 Å². The van der Waals surface area contributed by atoms with Gasteiger partial charge in [0.05, 0.1) is 20.3 Å². The van der Waals surface area contributed by atoms with Crippen molar-refractivity contribution in [2.45, 2.75) is 13.0 Å². The molecule has 4 N–H and O–H groups in total. The Labute approximate surface area is 136 Å². The summed E-state index contributed by atoms with van der Waals surface area (Å²) < 4.78 is 5.34. The molecule has 7 nitrogen and oxygen atoms in total. The Morgan fingerprint density at radius 3 is 2.48 bits per heavy atom. The zero-order valence-corrected chi connectivity index (χ0v) is 13.7. The molecule has 1 aromatic carbocycles. The first kappa shape index (κ1) is 17.2. The standard InChI is InChI=1S/C16H24N4O3/c1-12(16(17)22)19(2)11-15(21)18-13-3-5-14(6-4-13)20-7-9-23-10-8-20/h3-6,12H,7-11H2,1-2H3,(H2,17,22)(H,18,21)/p+1/t12-/m1/s1. The van der Waals surface area contributed by atoms with Crippen molar-refractivity contribution in [2.75, 3.05) is 50.1 Å². The van der Waals surface area contributed by atoms with E-state index in [1.54, 1.807) is 14.0 Å². The first-order valence-electron chi connectivity index (χ1n) is 7.81. The predicted molar refractivity (Wildman–Crippen MR) is 88.5 cm³/mol. The van der Waals surface area contributed by atoms with Gasteiger partial charge in [-0.05, 0) is 31.2 Å². The van der Waals surface area contributed by atoms with Crippen LogP contribution in [-0.4, -0.2) is 57.8 Å². The van der Waals surface area contributed by atoms with Crippen LogP contribution in [0, 0.1) is 0 Å². The maximum atomic E-state index is 12.0. The van der Waals surface area contributed by atoms with E-state index in [0.29, 0.717) is 0 Å². The minimum Gasteiger partial charge on any atom is -0.378 e. The van der Waals surface area contributed by atoms with Gasteiger partial charge in [-0.3, -0.25) is 9.59 Å². The second-order valence-electron chi connectivity index (χ2n) is 5.84. The van der Waals surface area contributed by atoms with Crippen molar-refractivity contribution in [2.24, 2.45) is 5.73 Å². The van der Waals surface area contributed by atoms with E-state index in [1.807, 2.05) is 24.3 Å². The van der Waals surface area contributed by atoms with Gasteiger partial charge in [0, 0.05) is 24.5 Å². The molecule has 0 aromatic heterocycles. The molecule has 0 radical (unpaired) electrons. The molecule has 0 saturated carbocycles. The third-order valence-corrected chi connectivity index (χ3v) is 4.13. The number of nitrogens with zero attached hydrogens (tertiary/aromatic N) is 1. The number of rotatable bonds is 6. The maximum absolute atomic E-state index is 12.0. The number of likely N-dealkylation sites (N-methyl/N-ethyl adjacent to an activating group) is 1. The summed E-state index contributed by atoms with van der Waals surface area (Å²) in [4.78, 5) is 26.2. The Morgan fingerprint density at radius 2 is 1.91 bits per heavy atom. The van der Waals surface area contributed by atoms with Crippen molar-refractivity contribution in [1.82, 2.24) is 0 Å². The molecule has 1 heterocycles. The number of carbonyl (C=O) groups excluding carboxylic acids is 2. The van der Waals surface area contributed by atoms with E-state index in [9.17, 15) is 9.59 Å². The molecule has 0 aliphatic carbocycles. The van der Waals surface area contributed by atoms with Gasteiger partial charge in [-0.25, -0.2) is 0 Å². The van der Waals surface area contributed by atoms with Gasteiger partial charge < -0.3 is 25.6 Å². The number of hydrogen-bond acceptors (Lipinski definition) is 4. The number of ether oxygens (including phenoxy) is 1. The van der Waals surface area contributed by atoms with Crippen LogP contribution in [0.2, 0.25) is 0 Å². The van der Waals surface area contributed by atoms with Crippen LogP contribution in [0.15, 0.2) is 24.3 Å². The van der Waals surface area contributed by atoms with E-state index >= 15 is 0 Å². The minimum atomic E-state index is -0.412. The van der Waals surface area contributed by atoms with Crippen molar-refractivity contribution in [3.05, 3.63) is 24.3 Å². The SMILES string of the molecule is C[C@H](C(N)=O)[NH+](C)CC(=O)Nc1ccc(N2CCOCC2)cc1. The van der Waals surface area contributed by atoms with E-state index in [-0.39, 0.29) is 12.5 Å². The van der Waals surface area contributed by atoms with E-state index in [2.05, 4.69) is 10.2 Å². The number of quaternary nitrogens is 1. The smallest absolute Gasteiger partial charge is 0.279 e. The van der Waals surface area contributed by atoms with Crippen LogP contribution in [0.5, 0.6) is 0 Å². The Balaban J connectivity index is 1.87. The summed E-state index contributed by atoms with van der Waals surface area (Å²) in [6, 6.07) is 7.35. The molecule has 23 heavy (non-hydrogen) atoms. The van der Waals surface area contributed by atoms with Gasteiger partial charge >= 0.3 is 0 Å². The molecule has 1 fully saturated rings. The summed E-state index contributed by atoms with van der Waals surface area (Å²) in [5.41, 5.74) is 7.11. The topological polar surface area (TPSA) is 89.1 Å². The highest BCUT2D eigenvalue weighted by Gasteiger charge is 2.21. The molecule has 1 unspecified atom stereocenters. The molecular weight excluding hydrogens is 296 g/mol. The second kappa shape index (κ2) is 7.94. The molecule has 7 heteroatoms. The summed E-state index contributed by atoms with van der Waals surface area (Å²) >= 11 is 0. The van der Waals surface area contributed by atoms with Crippen LogP contribution < -0.4 is 20.9 Å². The summed E-state index contributed by atoms with van der Waals surface area (Å²) in [6.07, 6.45) is 0. The molecule has 126 valence electrons. The summed E-state index contributed by atoms with van der Waals surface area (Å²) in [7, 11) is 1.77. The fraction of sp³-hybridized carbons (Fsp3) is 0.500. The second-order valence-corrected chi connectivity index (χ2v) is 5.84. The summed E-state index contributed by atoms with van der Waals surface area (Å²) in [5.74, 6) is -0.556. The Bertz CT molecular complexity index is 541. The zero-order valence-electron chi connectivity index (χ0n) is 13.7. The molecule has 1 aliphatic rings. The molecular formula is C16H25N4O3+. The van der Waals surface area contributed by atoms with Crippen molar-refractivity contribution in [3.63, 3.8) is 0 Å². The Kier molecular flexibility index (Phi) is 5.95. The average Bonchev–Trinajstić information content (AvgIpc) is 2.55. The Hall–Kier alpha value is -2.12. The first-order chi connectivity index (χ1) is 11.0. The van der Waals surface area contributed by atoms with Crippen molar-refractivity contribution < 1.29 is 19.2 Å². The van der Waals surface area contributed by atoms with Gasteiger partial charge in [0.2, 0.25) is 0 Å². The highest BCUT2D eigenvalue weighted by molar-refractivity contribution is 5.91. The van der Waals surface area contributed by atoms with Crippen LogP contribution >= 0.6 is 0 Å². The number of anilines is 2. The number of morpholine rings is 1. The molecule has 1 saturated heterocycles. The molecule has 2 amide bonds. The van der Waals surface area contributed by atoms with Crippen molar-refractivity contribution in [1.29, 1.82) is 0 Å². The van der Waals surface area contributed by atoms with Gasteiger partial charge in [-0.15, -0.1) is 0 Å². The monoisotopic (exact) mass is 321 g/mol. The van der Waals surface area contributed by atoms with E-state index in [4.69, 9.17) is 10.5 Å². The molecule has 1 aromatic rings. The summed E-state index contributed by atoms with van der Waals surface area (Å²) in [5, 5.41) is 2.84. The number of nitrogens with one attached hydrogen (secondary N) is 2. The lowest BCUT2D eigenvalue weighted by molar-refractivity contribution is -0.885. The normalized spacial score (nSPS) is 17.4. The van der Waals surface area contributed by atoms with E-state index < -0.39 is 11.9 Å². The number of amides is 2. The van der Waals surface area contributed by atoms with E-state index in [0.717, 1.165) is 42.6 Å². The average molecular weight is 321 g/mol. The maximum Gasteiger partial charge on any atom is 0.279 e. The van der Waals surface area contributed by atoms with Crippen LogP contribution in [0.3, 0.4) is 0 Å².